The summed E-state index contributed by atoms with van der Waals surface area (Å²) in [5, 5.41) is 5.97. The maximum absolute atomic E-state index is 12.2. The maximum Gasteiger partial charge on any atom is 0.337 e. The zero-order chi connectivity index (χ0) is 16.8. The van der Waals surface area contributed by atoms with Gasteiger partial charge in [-0.15, -0.1) is 0 Å². The quantitative estimate of drug-likeness (QED) is 0.832. The second kappa shape index (κ2) is 7.45. The number of esters is 1. The molecular weight excluding hydrogens is 292 g/mol. The first-order valence-electron chi connectivity index (χ1n) is 7.32. The Bertz CT molecular complexity index is 699. The maximum atomic E-state index is 12.2. The predicted octanol–water partition coefficient (Wildman–Crippen LogP) is 3.22. The summed E-state index contributed by atoms with van der Waals surface area (Å²) in [6.45, 7) is 3.67. The number of hydrogen-bond donors (Lipinski definition) is 2. The lowest BCUT2D eigenvalue weighted by molar-refractivity contribution is -0.116. The van der Waals surface area contributed by atoms with Crippen LogP contribution in [0.2, 0.25) is 0 Å². The van der Waals surface area contributed by atoms with E-state index < -0.39 is 12.0 Å². The topological polar surface area (TPSA) is 67.4 Å². The van der Waals surface area contributed by atoms with Crippen molar-refractivity contribution in [2.45, 2.75) is 19.9 Å². The van der Waals surface area contributed by atoms with Crippen LogP contribution in [-0.2, 0) is 9.53 Å². The lowest BCUT2D eigenvalue weighted by atomic mass is 10.1. The van der Waals surface area contributed by atoms with E-state index in [1.165, 1.54) is 7.11 Å². The van der Waals surface area contributed by atoms with Crippen molar-refractivity contribution < 1.29 is 14.3 Å². The summed E-state index contributed by atoms with van der Waals surface area (Å²) in [4.78, 5) is 23.8. The van der Waals surface area contributed by atoms with Gasteiger partial charge in [0.25, 0.3) is 0 Å². The van der Waals surface area contributed by atoms with Crippen LogP contribution in [0.1, 0.15) is 22.8 Å². The second-order valence-electron chi connectivity index (χ2n) is 5.24. The molecule has 5 nitrogen and oxygen atoms in total. The fourth-order valence-corrected chi connectivity index (χ4v) is 2.09. The van der Waals surface area contributed by atoms with Gasteiger partial charge in [-0.3, -0.25) is 4.79 Å². The van der Waals surface area contributed by atoms with Crippen molar-refractivity contribution in [1.29, 1.82) is 0 Å². The number of hydrogen-bond acceptors (Lipinski definition) is 4. The summed E-state index contributed by atoms with van der Waals surface area (Å²) in [6, 6.07) is 14.0. The van der Waals surface area contributed by atoms with Crippen molar-refractivity contribution >= 4 is 23.3 Å². The fourth-order valence-electron chi connectivity index (χ4n) is 2.09. The lowest BCUT2D eigenvalue weighted by Gasteiger charge is -2.17. The van der Waals surface area contributed by atoms with E-state index in [0.717, 1.165) is 16.9 Å². The van der Waals surface area contributed by atoms with E-state index in [1.54, 1.807) is 19.1 Å². The lowest BCUT2D eigenvalue weighted by Crippen LogP contribution is -2.32. The van der Waals surface area contributed by atoms with Gasteiger partial charge in [-0.1, -0.05) is 24.3 Å². The predicted molar refractivity (Wildman–Crippen MR) is 90.7 cm³/mol. The van der Waals surface area contributed by atoms with Gasteiger partial charge in [0.2, 0.25) is 5.91 Å². The molecule has 120 valence electrons. The normalized spacial score (nSPS) is 11.4. The molecule has 2 rings (SSSR count). The van der Waals surface area contributed by atoms with Crippen molar-refractivity contribution in [3.63, 3.8) is 0 Å². The van der Waals surface area contributed by atoms with Crippen LogP contribution >= 0.6 is 0 Å². The Hall–Kier alpha value is -2.82. The molecule has 0 aromatic heterocycles. The Labute approximate surface area is 135 Å². The number of carbonyl (C=O) groups excluding carboxylic acids is 2. The minimum absolute atomic E-state index is 0.154. The van der Waals surface area contributed by atoms with Crippen molar-refractivity contribution in [1.82, 2.24) is 0 Å². The number of aryl methyl sites for hydroxylation is 1. The van der Waals surface area contributed by atoms with Crippen LogP contribution in [0.15, 0.2) is 48.5 Å². The van der Waals surface area contributed by atoms with Crippen LogP contribution in [0.25, 0.3) is 0 Å². The largest absolute Gasteiger partial charge is 0.465 e. The number of anilines is 2. The first-order valence-corrected chi connectivity index (χ1v) is 7.32. The first-order chi connectivity index (χ1) is 11.0. The highest BCUT2D eigenvalue weighted by Gasteiger charge is 2.15. The molecule has 2 N–H and O–H groups in total. The van der Waals surface area contributed by atoms with Crippen LogP contribution < -0.4 is 10.6 Å². The Morgan fingerprint density at radius 3 is 2.43 bits per heavy atom. The molecule has 0 heterocycles. The summed E-state index contributed by atoms with van der Waals surface area (Å²) in [5.41, 5.74) is 2.85. The first kappa shape index (κ1) is 16.5. The minimum Gasteiger partial charge on any atom is -0.465 e. The van der Waals surface area contributed by atoms with E-state index in [-0.39, 0.29) is 5.91 Å². The van der Waals surface area contributed by atoms with E-state index in [4.69, 9.17) is 4.74 Å². The van der Waals surface area contributed by atoms with Gasteiger partial charge in [0.05, 0.1) is 12.7 Å². The molecule has 0 unspecified atom stereocenters. The smallest absolute Gasteiger partial charge is 0.337 e. The Balaban J connectivity index is 2.08. The number of carbonyl (C=O) groups is 2. The number of ether oxygens (including phenoxy) is 1. The summed E-state index contributed by atoms with van der Waals surface area (Å²) in [5.74, 6) is -0.562. The molecule has 2 aromatic rings. The van der Waals surface area contributed by atoms with Crippen LogP contribution in [0.4, 0.5) is 11.4 Å². The Morgan fingerprint density at radius 1 is 1.09 bits per heavy atom. The summed E-state index contributed by atoms with van der Waals surface area (Å²) in [6.07, 6.45) is 0. The summed E-state index contributed by atoms with van der Waals surface area (Å²) in [7, 11) is 1.34. The van der Waals surface area contributed by atoms with E-state index in [0.29, 0.717) is 5.56 Å². The molecule has 0 saturated carbocycles. The Kier molecular flexibility index (Phi) is 5.36. The molecule has 5 heteroatoms. The van der Waals surface area contributed by atoms with Crippen LogP contribution in [0.3, 0.4) is 0 Å². The van der Waals surface area contributed by atoms with Crippen molar-refractivity contribution in [2.75, 3.05) is 17.7 Å². The van der Waals surface area contributed by atoms with Gasteiger partial charge in [0.15, 0.2) is 0 Å². The summed E-state index contributed by atoms with van der Waals surface area (Å²) < 4.78 is 4.72. The molecule has 0 bridgehead atoms. The van der Waals surface area contributed by atoms with Gasteiger partial charge in [-0.05, 0) is 43.7 Å². The molecule has 0 aliphatic carbocycles. The number of methoxy groups -OCH3 is 1. The molecule has 0 aliphatic rings. The highest BCUT2D eigenvalue weighted by Crippen LogP contribution is 2.19. The fraction of sp³-hybridized carbons (Fsp3) is 0.222. The number of nitrogens with one attached hydrogen (secondary N) is 2. The van der Waals surface area contributed by atoms with Gasteiger partial charge in [0, 0.05) is 11.4 Å². The van der Waals surface area contributed by atoms with Crippen LogP contribution in [-0.4, -0.2) is 25.0 Å². The highest BCUT2D eigenvalue weighted by molar-refractivity contribution is 5.96. The molecule has 0 fully saturated rings. The van der Waals surface area contributed by atoms with Gasteiger partial charge in [0.1, 0.15) is 6.04 Å². The monoisotopic (exact) mass is 312 g/mol. The standard InChI is InChI=1S/C18H20N2O3/c1-12-9-10-14(18(22)23-3)11-16(12)19-13(2)17(21)20-15-7-5-4-6-8-15/h4-11,13,19H,1-3H3,(H,20,21)/t13-/m1/s1. The van der Waals surface area contributed by atoms with Gasteiger partial charge < -0.3 is 15.4 Å². The van der Waals surface area contributed by atoms with E-state index in [1.807, 2.05) is 43.3 Å². The third-order valence-corrected chi connectivity index (χ3v) is 3.47. The van der Waals surface area contributed by atoms with Gasteiger partial charge >= 0.3 is 5.97 Å². The van der Waals surface area contributed by atoms with Crippen LogP contribution in [0.5, 0.6) is 0 Å². The molecule has 0 spiro atoms. The van der Waals surface area contributed by atoms with Gasteiger partial charge in [-0.25, -0.2) is 4.79 Å². The molecule has 1 atom stereocenters. The zero-order valence-corrected chi connectivity index (χ0v) is 13.4. The van der Waals surface area contributed by atoms with E-state index >= 15 is 0 Å². The molecule has 23 heavy (non-hydrogen) atoms. The highest BCUT2D eigenvalue weighted by atomic mass is 16.5. The SMILES string of the molecule is COC(=O)c1ccc(C)c(N[C@H](C)C(=O)Nc2ccccc2)c1. The number of amides is 1. The van der Waals surface area contributed by atoms with Gasteiger partial charge in [-0.2, -0.15) is 0 Å². The number of rotatable bonds is 5. The molecular formula is C18H20N2O3. The molecule has 0 radical (unpaired) electrons. The third kappa shape index (κ3) is 4.32. The average Bonchev–Trinajstić information content (AvgIpc) is 2.56. The zero-order valence-electron chi connectivity index (χ0n) is 13.4. The third-order valence-electron chi connectivity index (χ3n) is 3.47. The molecule has 0 saturated heterocycles. The molecule has 1 amide bonds. The van der Waals surface area contributed by atoms with E-state index in [9.17, 15) is 9.59 Å². The summed E-state index contributed by atoms with van der Waals surface area (Å²) >= 11 is 0. The average molecular weight is 312 g/mol. The van der Waals surface area contributed by atoms with Crippen molar-refractivity contribution in [2.24, 2.45) is 0 Å². The van der Waals surface area contributed by atoms with Crippen molar-refractivity contribution in [3.05, 3.63) is 59.7 Å². The van der Waals surface area contributed by atoms with E-state index in [2.05, 4.69) is 10.6 Å². The second-order valence-corrected chi connectivity index (χ2v) is 5.24. The Morgan fingerprint density at radius 2 is 1.78 bits per heavy atom. The van der Waals surface area contributed by atoms with Crippen molar-refractivity contribution in [3.8, 4) is 0 Å². The van der Waals surface area contributed by atoms with Crippen LogP contribution in [0, 0.1) is 6.92 Å². The number of benzene rings is 2. The minimum atomic E-state index is -0.457. The molecule has 2 aromatic carbocycles. The molecule has 0 aliphatic heterocycles. The number of para-hydroxylation sites is 1.